The van der Waals surface area contributed by atoms with Crippen molar-refractivity contribution in [3.05, 3.63) is 34.9 Å². The molecule has 0 aliphatic rings. The monoisotopic (exact) mass is 238 g/mol. The first kappa shape index (κ1) is 13.6. The maximum atomic E-state index is 5.93. The summed E-state index contributed by atoms with van der Waals surface area (Å²) in [6.07, 6.45) is 3.72. The fourth-order valence-corrected chi connectivity index (χ4v) is 2.11. The van der Waals surface area contributed by atoms with Gasteiger partial charge in [-0.2, -0.15) is 0 Å². The lowest BCUT2D eigenvalue weighted by molar-refractivity contribution is 0.373. The number of halogens is 1. The zero-order valence-electron chi connectivity index (χ0n) is 10.9. The maximum Gasteiger partial charge on any atom is 0.0406 e. The average molecular weight is 239 g/mol. The minimum atomic E-state index is 0.300. The van der Waals surface area contributed by atoms with Gasteiger partial charge in [-0.3, -0.25) is 0 Å². The van der Waals surface area contributed by atoms with E-state index in [1.807, 2.05) is 12.1 Å². The van der Waals surface area contributed by atoms with Crippen LogP contribution in [-0.4, -0.2) is 0 Å². The van der Waals surface area contributed by atoms with Crippen molar-refractivity contribution in [3.8, 4) is 0 Å². The first-order valence-electron chi connectivity index (χ1n) is 6.24. The van der Waals surface area contributed by atoms with Gasteiger partial charge in [-0.05, 0) is 41.9 Å². The van der Waals surface area contributed by atoms with Crippen molar-refractivity contribution < 1.29 is 0 Å². The molecule has 0 saturated carbocycles. The minimum Gasteiger partial charge on any atom is -0.0843 e. The fourth-order valence-electron chi connectivity index (χ4n) is 1.98. The molecule has 0 saturated heterocycles. The van der Waals surface area contributed by atoms with E-state index in [9.17, 15) is 0 Å². The summed E-state index contributed by atoms with van der Waals surface area (Å²) in [5.41, 5.74) is 1.72. The van der Waals surface area contributed by atoms with Gasteiger partial charge in [-0.1, -0.05) is 57.8 Å². The van der Waals surface area contributed by atoms with Crippen molar-refractivity contribution in [1.29, 1.82) is 0 Å². The van der Waals surface area contributed by atoms with Gasteiger partial charge in [0.1, 0.15) is 0 Å². The quantitative estimate of drug-likeness (QED) is 0.641. The highest BCUT2D eigenvalue weighted by atomic mass is 35.5. The van der Waals surface area contributed by atoms with Crippen molar-refractivity contribution in [2.75, 3.05) is 0 Å². The lowest BCUT2D eigenvalue weighted by Gasteiger charge is -2.30. The van der Waals surface area contributed by atoms with Crippen LogP contribution in [0.5, 0.6) is 0 Å². The van der Waals surface area contributed by atoms with Gasteiger partial charge in [-0.15, -0.1) is 0 Å². The predicted molar refractivity (Wildman–Crippen MR) is 73.2 cm³/mol. The van der Waals surface area contributed by atoms with Crippen LogP contribution in [0.4, 0.5) is 0 Å². The summed E-state index contributed by atoms with van der Waals surface area (Å²) < 4.78 is 0. The van der Waals surface area contributed by atoms with E-state index in [-0.39, 0.29) is 0 Å². The Morgan fingerprint density at radius 3 is 2.19 bits per heavy atom. The second kappa shape index (κ2) is 5.72. The second-order valence-electron chi connectivity index (χ2n) is 5.35. The zero-order chi connectivity index (χ0) is 12.2. The Morgan fingerprint density at radius 2 is 1.75 bits per heavy atom. The maximum absolute atomic E-state index is 5.93. The van der Waals surface area contributed by atoms with E-state index in [1.54, 1.807) is 0 Å². The number of benzene rings is 1. The Morgan fingerprint density at radius 1 is 1.19 bits per heavy atom. The van der Waals surface area contributed by atoms with Crippen LogP contribution in [0.1, 0.15) is 52.5 Å². The van der Waals surface area contributed by atoms with Gasteiger partial charge in [-0.25, -0.2) is 0 Å². The Hall–Kier alpha value is -0.490. The molecule has 0 radical (unpaired) electrons. The molecule has 0 bridgehead atoms. The van der Waals surface area contributed by atoms with Crippen molar-refractivity contribution in [2.45, 2.75) is 52.4 Å². The average Bonchev–Trinajstić information content (AvgIpc) is 2.27. The molecule has 0 heterocycles. The lowest BCUT2D eigenvalue weighted by Crippen LogP contribution is -2.21. The Bertz CT molecular complexity index is 313. The van der Waals surface area contributed by atoms with Gasteiger partial charge in [0, 0.05) is 5.02 Å². The van der Waals surface area contributed by atoms with Gasteiger partial charge >= 0.3 is 0 Å². The molecule has 0 aromatic heterocycles. The molecule has 1 rings (SSSR count). The van der Waals surface area contributed by atoms with Gasteiger partial charge in [0.25, 0.3) is 0 Å². The van der Waals surface area contributed by atoms with E-state index in [0.717, 1.165) is 10.9 Å². The summed E-state index contributed by atoms with van der Waals surface area (Å²) in [6, 6.07) is 8.35. The van der Waals surface area contributed by atoms with E-state index in [4.69, 9.17) is 11.6 Å². The number of rotatable bonds is 5. The smallest absolute Gasteiger partial charge is 0.0406 e. The van der Waals surface area contributed by atoms with E-state index in [1.165, 1.54) is 24.8 Å². The van der Waals surface area contributed by atoms with E-state index in [2.05, 4.69) is 39.8 Å². The van der Waals surface area contributed by atoms with Gasteiger partial charge in [0.05, 0.1) is 0 Å². The molecule has 1 aromatic carbocycles. The van der Waals surface area contributed by atoms with Crippen molar-refractivity contribution in [2.24, 2.45) is 5.92 Å². The van der Waals surface area contributed by atoms with E-state index >= 15 is 0 Å². The largest absolute Gasteiger partial charge is 0.0843 e. The molecule has 0 fully saturated rings. The minimum absolute atomic E-state index is 0.300. The van der Waals surface area contributed by atoms with E-state index in [0.29, 0.717) is 5.41 Å². The molecular formula is C15H23Cl. The van der Waals surface area contributed by atoms with Gasteiger partial charge < -0.3 is 0 Å². The topological polar surface area (TPSA) is 0 Å². The van der Waals surface area contributed by atoms with Crippen LogP contribution in [0.25, 0.3) is 0 Å². The summed E-state index contributed by atoms with van der Waals surface area (Å²) in [7, 11) is 0. The molecule has 1 atom stereocenters. The highest BCUT2D eigenvalue weighted by Gasteiger charge is 2.24. The molecule has 90 valence electrons. The third-order valence-electron chi connectivity index (χ3n) is 3.59. The van der Waals surface area contributed by atoms with Crippen molar-refractivity contribution >= 4 is 11.6 Å². The molecule has 0 aliphatic heterocycles. The summed E-state index contributed by atoms with van der Waals surface area (Å²) in [5.74, 6) is 0.776. The molecule has 0 N–H and O–H groups in total. The first-order valence-corrected chi connectivity index (χ1v) is 6.62. The van der Waals surface area contributed by atoms with Crippen LogP contribution in [0.3, 0.4) is 0 Å². The van der Waals surface area contributed by atoms with Crippen molar-refractivity contribution in [1.82, 2.24) is 0 Å². The van der Waals surface area contributed by atoms with Gasteiger partial charge in [0.15, 0.2) is 0 Å². The van der Waals surface area contributed by atoms with E-state index < -0.39 is 0 Å². The summed E-state index contributed by atoms with van der Waals surface area (Å²) in [4.78, 5) is 0. The standard InChI is InChI=1S/C15H23Cl/c1-5-15(4,11-10-12(2)3)13-6-8-14(16)9-7-13/h6-9,12H,5,10-11H2,1-4H3. The highest BCUT2D eigenvalue weighted by molar-refractivity contribution is 6.30. The highest BCUT2D eigenvalue weighted by Crippen LogP contribution is 2.34. The van der Waals surface area contributed by atoms with Crippen LogP contribution in [0.15, 0.2) is 24.3 Å². The Labute approximate surface area is 105 Å². The van der Waals surface area contributed by atoms with Crippen LogP contribution in [0, 0.1) is 5.92 Å². The molecule has 0 aliphatic carbocycles. The van der Waals surface area contributed by atoms with Crippen LogP contribution >= 0.6 is 11.6 Å². The molecule has 0 spiro atoms. The third-order valence-corrected chi connectivity index (χ3v) is 3.85. The van der Waals surface area contributed by atoms with Gasteiger partial charge in [0.2, 0.25) is 0 Å². The third kappa shape index (κ3) is 3.52. The zero-order valence-corrected chi connectivity index (χ0v) is 11.6. The molecule has 1 heteroatoms. The lowest BCUT2D eigenvalue weighted by atomic mass is 9.75. The SMILES string of the molecule is CCC(C)(CCC(C)C)c1ccc(Cl)cc1. The predicted octanol–water partition coefficient (Wildman–Crippen LogP) is 5.44. The van der Waals surface area contributed by atoms with Crippen molar-refractivity contribution in [3.63, 3.8) is 0 Å². The molecule has 1 aromatic rings. The second-order valence-corrected chi connectivity index (χ2v) is 5.79. The molecular weight excluding hydrogens is 216 g/mol. The number of hydrogen-bond acceptors (Lipinski definition) is 0. The fraction of sp³-hybridized carbons (Fsp3) is 0.600. The van der Waals surface area contributed by atoms with Crippen LogP contribution < -0.4 is 0 Å². The Balaban J connectivity index is 2.82. The molecule has 0 nitrogen and oxygen atoms in total. The summed E-state index contributed by atoms with van der Waals surface area (Å²) in [6.45, 7) is 9.21. The normalized spacial score (nSPS) is 15.1. The number of hydrogen-bond donors (Lipinski definition) is 0. The summed E-state index contributed by atoms with van der Waals surface area (Å²) >= 11 is 5.93. The van der Waals surface area contributed by atoms with Crippen LogP contribution in [0.2, 0.25) is 5.02 Å². The first-order chi connectivity index (χ1) is 7.48. The Kier molecular flexibility index (Phi) is 4.86. The molecule has 0 amide bonds. The molecule has 1 unspecified atom stereocenters. The summed E-state index contributed by atoms with van der Waals surface area (Å²) in [5, 5.41) is 0.825. The molecule has 16 heavy (non-hydrogen) atoms. The van der Waals surface area contributed by atoms with Crippen LogP contribution in [-0.2, 0) is 5.41 Å².